The van der Waals surface area contributed by atoms with Crippen LogP contribution >= 0.6 is 0 Å². The van der Waals surface area contributed by atoms with Crippen LogP contribution in [0.15, 0.2) is 24.3 Å². The van der Waals surface area contributed by atoms with Crippen molar-refractivity contribution in [1.29, 1.82) is 0 Å². The Morgan fingerprint density at radius 1 is 0.857 bits per heavy atom. The standard InChI is InChI=1S/C24H30N2O2/c1-13-9-15(3)21(16(4)10-13)25-19(7)20(8)26(23(25)24(27)28)22-17(5)11-14(2)12-18(22)6/h9-12,19-20H,1-8H3. The van der Waals surface area contributed by atoms with Crippen molar-refractivity contribution in [3.05, 3.63) is 57.6 Å². The van der Waals surface area contributed by atoms with Crippen molar-refractivity contribution in [2.45, 2.75) is 67.5 Å². The summed E-state index contributed by atoms with van der Waals surface area (Å²) < 4.78 is 1.96. The zero-order valence-electron chi connectivity index (χ0n) is 18.2. The number of carbonyl (C=O) groups is 1. The third-order valence-corrected chi connectivity index (χ3v) is 5.90. The van der Waals surface area contributed by atoms with E-state index in [1.165, 1.54) is 11.1 Å². The molecule has 2 unspecified atom stereocenters. The molecule has 0 spiro atoms. The molecule has 4 nitrogen and oxygen atoms in total. The number of hydrogen-bond acceptors (Lipinski definition) is 3. The van der Waals surface area contributed by atoms with Crippen LogP contribution in [-0.4, -0.2) is 28.5 Å². The third-order valence-electron chi connectivity index (χ3n) is 5.90. The van der Waals surface area contributed by atoms with Gasteiger partial charge >= 0.3 is 5.84 Å². The van der Waals surface area contributed by atoms with E-state index in [0.717, 1.165) is 33.6 Å². The van der Waals surface area contributed by atoms with Crippen molar-refractivity contribution in [2.24, 2.45) is 0 Å². The lowest BCUT2D eigenvalue weighted by molar-refractivity contribution is -0.475. The summed E-state index contributed by atoms with van der Waals surface area (Å²) in [5.41, 5.74) is 8.60. The molecular formula is C24H30N2O2. The SMILES string of the molecule is Cc1cc(C)c(N2C(C(=O)[O-])=[N+](c3c(C)cc(C)cc3C)C(C)C2C)c(C)c1. The van der Waals surface area contributed by atoms with Crippen LogP contribution in [0.3, 0.4) is 0 Å². The van der Waals surface area contributed by atoms with Crippen molar-refractivity contribution in [1.82, 2.24) is 0 Å². The first-order valence-electron chi connectivity index (χ1n) is 9.87. The molecule has 2 atom stereocenters. The van der Waals surface area contributed by atoms with E-state index in [1.54, 1.807) is 0 Å². The molecule has 0 fully saturated rings. The average Bonchev–Trinajstić information content (AvgIpc) is 2.79. The molecule has 148 valence electrons. The van der Waals surface area contributed by atoms with Gasteiger partial charge in [-0.2, -0.15) is 0 Å². The normalized spacial score (nSPS) is 19.5. The summed E-state index contributed by atoms with van der Waals surface area (Å²) in [6, 6.07) is 8.42. The van der Waals surface area contributed by atoms with E-state index in [1.807, 2.05) is 37.2 Å². The van der Waals surface area contributed by atoms with Crippen molar-refractivity contribution in [3.63, 3.8) is 0 Å². The Bertz CT molecular complexity index is 958. The van der Waals surface area contributed by atoms with Gasteiger partial charge in [0, 0.05) is 0 Å². The molecule has 1 heterocycles. The number of carbonyl (C=O) groups excluding carboxylic acids is 1. The Kier molecular flexibility index (Phi) is 5.09. The van der Waals surface area contributed by atoms with Gasteiger partial charge < -0.3 is 9.90 Å². The molecule has 0 N–H and O–H groups in total. The van der Waals surface area contributed by atoms with Gasteiger partial charge in [0.2, 0.25) is 0 Å². The lowest BCUT2D eigenvalue weighted by Crippen LogP contribution is -2.47. The summed E-state index contributed by atoms with van der Waals surface area (Å²) in [6.07, 6.45) is 0. The minimum Gasteiger partial charge on any atom is -0.538 e. The maximum absolute atomic E-state index is 12.4. The van der Waals surface area contributed by atoms with Crippen molar-refractivity contribution in [2.75, 3.05) is 4.90 Å². The number of carboxylic acids is 1. The van der Waals surface area contributed by atoms with Gasteiger partial charge in [-0.05, 0) is 77.6 Å². The minimum atomic E-state index is -1.14. The predicted molar refractivity (Wildman–Crippen MR) is 113 cm³/mol. The van der Waals surface area contributed by atoms with E-state index in [-0.39, 0.29) is 17.9 Å². The molecule has 28 heavy (non-hydrogen) atoms. The number of benzene rings is 2. The van der Waals surface area contributed by atoms with Crippen molar-refractivity contribution >= 4 is 23.2 Å². The molecule has 0 aromatic heterocycles. The fraction of sp³-hybridized carbons (Fsp3) is 0.417. The molecule has 0 amide bonds. The Balaban J connectivity index is 2.35. The Morgan fingerprint density at radius 3 is 1.71 bits per heavy atom. The predicted octanol–water partition coefficient (Wildman–Crippen LogP) is 3.63. The van der Waals surface area contributed by atoms with Crippen LogP contribution in [0, 0.1) is 41.5 Å². The van der Waals surface area contributed by atoms with Crippen LogP contribution in [0.25, 0.3) is 0 Å². The molecule has 0 radical (unpaired) electrons. The van der Waals surface area contributed by atoms with Crippen LogP contribution in [0.1, 0.15) is 47.2 Å². The monoisotopic (exact) mass is 378 g/mol. The summed E-state index contributed by atoms with van der Waals surface area (Å²) in [5, 5.41) is 12.4. The number of aliphatic carboxylic acids is 1. The van der Waals surface area contributed by atoms with E-state index >= 15 is 0 Å². The number of anilines is 1. The second-order valence-electron chi connectivity index (χ2n) is 8.33. The summed E-state index contributed by atoms with van der Waals surface area (Å²) in [4.78, 5) is 14.4. The smallest absolute Gasteiger partial charge is 0.306 e. The molecule has 3 rings (SSSR count). The Hall–Kier alpha value is -2.62. The van der Waals surface area contributed by atoms with Crippen LogP contribution in [0.5, 0.6) is 0 Å². The largest absolute Gasteiger partial charge is 0.538 e. The highest BCUT2D eigenvalue weighted by molar-refractivity contribution is 6.38. The highest BCUT2D eigenvalue weighted by atomic mass is 16.4. The molecule has 1 aliphatic heterocycles. The summed E-state index contributed by atoms with van der Waals surface area (Å²) in [5.74, 6) is -0.917. The first-order chi connectivity index (χ1) is 13.0. The first kappa shape index (κ1) is 20.1. The molecular weight excluding hydrogens is 348 g/mol. The second-order valence-corrected chi connectivity index (χ2v) is 8.33. The molecule has 0 bridgehead atoms. The third kappa shape index (κ3) is 3.11. The van der Waals surface area contributed by atoms with Crippen LogP contribution in [0.2, 0.25) is 0 Å². The fourth-order valence-corrected chi connectivity index (χ4v) is 4.85. The van der Waals surface area contributed by atoms with Gasteiger partial charge in [0.1, 0.15) is 23.5 Å². The number of amidine groups is 1. The van der Waals surface area contributed by atoms with E-state index in [2.05, 4.69) is 52.0 Å². The number of aryl methyl sites for hydroxylation is 6. The minimum absolute atomic E-state index is 0.00638. The fourth-order valence-electron chi connectivity index (χ4n) is 4.85. The number of hydrogen-bond donors (Lipinski definition) is 0. The maximum atomic E-state index is 12.4. The van der Waals surface area contributed by atoms with Crippen molar-refractivity contribution < 1.29 is 14.5 Å². The molecule has 0 saturated carbocycles. The van der Waals surface area contributed by atoms with Gasteiger partial charge in [-0.3, -0.25) is 0 Å². The van der Waals surface area contributed by atoms with Gasteiger partial charge in [0.05, 0.1) is 0 Å². The quantitative estimate of drug-likeness (QED) is 0.766. The zero-order valence-corrected chi connectivity index (χ0v) is 18.2. The molecule has 4 heteroatoms. The Labute approximate surface area is 168 Å². The zero-order chi connectivity index (χ0) is 20.9. The number of nitrogens with zero attached hydrogens (tertiary/aromatic N) is 2. The number of carboxylic acid groups (broad SMARTS) is 1. The summed E-state index contributed by atoms with van der Waals surface area (Å²) >= 11 is 0. The maximum Gasteiger partial charge on any atom is 0.306 e. The van der Waals surface area contributed by atoms with E-state index in [0.29, 0.717) is 0 Å². The molecule has 2 aromatic rings. The summed E-state index contributed by atoms with van der Waals surface area (Å²) in [6.45, 7) is 16.5. The van der Waals surface area contributed by atoms with Gasteiger partial charge in [-0.1, -0.05) is 35.4 Å². The molecule has 0 aliphatic carbocycles. The molecule has 1 aliphatic rings. The molecule has 2 aromatic carbocycles. The van der Waals surface area contributed by atoms with Gasteiger partial charge in [0.25, 0.3) is 0 Å². The summed E-state index contributed by atoms with van der Waals surface area (Å²) in [7, 11) is 0. The van der Waals surface area contributed by atoms with Gasteiger partial charge in [0.15, 0.2) is 5.97 Å². The first-order valence-corrected chi connectivity index (χ1v) is 9.87. The van der Waals surface area contributed by atoms with Gasteiger partial charge in [-0.15, -0.1) is 0 Å². The lowest BCUT2D eigenvalue weighted by Gasteiger charge is -2.23. The van der Waals surface area contributed by atoms with Gasteiger partial charge in [-0.25, -0.2) is 9.48 Å². The van der Waals surface area contributed by atoms with Crippen molar-refractivity contribution in [3.8, 4) is 0 Å². The second kappa shape index (κ2) is 7.08. The number of rotatable bonds is 3. The van der Waals surface area contributed by atoms with E-state index < -0.39 is 5.97 Å². The van der Waals surface area contributed by atoms with Crippen LogP contribution < -0.4 is 10.0 Å². The van der Waals surface area contributed by atoms with Crippen LogP contribution in [-0.2, 0) is 4.79 Å². The van der Waals surface area contributed by atoms with E-state index in [9.17, 15) is 9.90 Å². The van der Waals surface area contributed by atoms with Crippen LogP contribution in [0.4, 0.5) is 11.4 Å². The Morgan fingerprint density at radius 2 is 1.29 bits per heavy atom. The molecule has 0 saturated heterocycles. The highest BCUT2D eigenvalue weighted by Gasteiger charge is 2.47. The topological polar surface area (TPSA) is 46.4 Å². The average molecular weight is 379 g/mol. The lowest BCUT2D eigenvalue weighted by atomic mass is 10.0. The highest BCUT2D eigenvalue weighted by Crippen LogP contribution is 2.37. The van der Waals surface area contributed by atoms with E-state index in [4.69, 9.17) is 0 Å².